The summed E-state index contributed by atoms with van der Waals surface area (Å²) in [7, 11) is -1.67. The van der Waals surface area contributed by atoms with Gasteiger partial charge in [0.05, 0.1) is 23.7 Å². The second kappa shape index (κ2) is 13.6. The predicted octanol–water partition coefficient (Wildman–Crippen LogP) is 5.34. The first-order valence-corrected chi connectivity index (χ1v) is 15.6. The highest BCUT2D eigenvalue weighted by atomic mass is 32.2. The molecule has 4 unspecified atom stereocenters. The molecule has 1 fully saturated rings. The lowest BCUT2D eigenvalue weighted by Crippen LogP contribution is -2.44. The van der Waals surface area contributed by atoms with E-state index in [2.05, 4.69) is 28.6 Å². The second-order valence-electron chi connectivity index (χ2n) is 10.7. The number of likely N-dealkylation sites (N-methyl/N-ethyl adjacent to an activating group) is 1. The maximum absolute atomic E-state index is 13.0. The fourth-order valence-electron chi connectivity index (χ4n) is 5.14. The molecule has 3 aromatic carbocycles. The van der Waals surface area contributed by atoms with Crippen LogP contribution in [0.5, 0.6) is 0 Å². The van der Waals surface area contributed by atoms with E-state index in [4.69, 9.17) is 9.47 Å². The van der Waals surface area contributed by atoms with Crippen molar-refractivity contribution in [1.82, 2.24) is 9.88 Å². The average Bonchev–Trinajstić information content (AvgIpc) is 3.02. The summed E-state index contributed by atoms with van der Waals surface area (Å²) < 4.78 is 41.7. The van der Waals surface area contributed by atoms with Crippen molar-refractivity contribution in [2.24, 2.45) is 5.92 Å². The van der Waals surface area contributed by atoms with Gasteiger partial charge in [0.1, 0.15) is 0 Å². The normalized spacial score (nSPS) is 20.9. The van der Waals surface area contributed by atoms with Crippen LogP contribution in [0.15, 0.2) is 108 Å². The summed E-state index contributed by atoms with van der Waals surface area (Å²) >= 11 is 0. The summed E-state index contributed by atoms with van der Waals surface area (Å²) in [5.41, 5.74) is 4.01. The first-order chi connectivity index (χ1) is 20.3. The Balaban J connectivity index is 1.37. The van der Waals surface area contributed by atoms with Crippen molar-refractivity contribution in [2.75, 3.05) is 24.9 Å². The number of aliphatic hydroxyl groups excluding tert-OH is 1. The van der Waals surface area contributed by atoms with Crippen LogP contribution >= 0.6 is 0 Å². The molecule has 9 heteroatoms. The summed E-state index contributed by atoms with van der Waals surface area (Å²) in [6.07, 6.45) is 1.50. The van der Waals surface area contributed by atoms with Crippen LogP contribution < -0.4 is 4.72 Å². The Kier molecular flexibility index (Phi) is 9.66. The van der Waals surface area contributed by atoms with E-state index in [1.54, 1.807) is 48.5 Å². The largest absolute Gasteiger partial charge is 0.392 e. The third-order valence-corrected chi connectivity index (χ3v) is 8.95. The number of hydrogen-bond donors (Lipinski definition) is 2. The van der Waals surface area contributed by atoms with Gasteiger partial charge < -0.3 is 19.5 Å². The van der Waals surface area contributed by atoms with Gasteiger partial charge in [0.2, 0.25) is 0 Å². The number of benzene rings is 3. The van der Waals surface area contributed by atoms with E-state index in [-0.39, 0.29) is 29.6 Å². The molecule has 0 saturated carbocycles. The fourth-order valence-corrected chi connectivity index (χ4v) is 6.21. The molecular weight excluding hydrogens is 550 g/mol. The van der Waals surface area contributed by atoms with E-state index in [0.29, 0.717) is 17.8 Å². The number of ether oxygens (including phenoxy) is 2. The summed E-state index contributed by atoms with van der Waals surface area (Å²) in [5.74, 6) is 0.0262. The lowest BCUT2D eigenvalue weighted by atomic mass is 9.90. The molecule has 42 heavy (non-hydrogen) atoms. The molecule has 2 heterocycles. The average molecular weight is 588 g/mol. The molecule has 1 saturated heterocycles. The molecule has 5 rings (SSSR count). The van der Waals surface area contributed by atoms with Crippen LogP contribution in [0, 0.1) is 5.92 Å². The smallest absolute Gasteiger partial charge is 0.261 e. The quantitative estimate of drug-likeness (QED) is 0.244. The zero-order chi connectivity index (χ0) is 29.5. The molecule has 8 nitrogen and oxygen atoms in total. The highest BCUT2D eigenvalue weighted by Crippen LogP contribution is 2.42. The standard InChI is InChI=1S/C33H37N3O5S/c1-24-31(22-36(2)20-18-28-10-6-7-19-34-28)40-33(41-32(24)26-16-14-25(23-37)15-17-26)27-9-8-11-29(21-27)35-42(38,39)30-12-4-3-5-13-30/h3-17,19,21,24,31-33,35,37H,18,20,22-23H2,1-2H3. The highest BCUT2D eigenvalue weighted by molar-refractivity contribution is 7.92. The Morgan fingerprint density at radius 2 is 1.67 bits per heavy atom. The van der Waals surface area contributed by atoms with Crippen molar-refractivity contribution in [3.63, 3.8) is 0 Å². The summed E-state index contributed by atoms with van der Waals surface area (Å²) in [6.45, 7) is 3.60. The van der Waals surface area contributed by atoms with Crippen LogP contribution in [0.1, 0.15) is 41.7 Å². The number of aromatic nitrogens is 1. The van der Waals surface area contributed by atoms with Crippen LogP contribution in [-0.4, -0.2) is 49.6 Å². The zero-order valence-electron chi connectivity index (χ0n) is 23.8. The molecule has 4 aromatic rings. The molecule has 1 aromatic heterocycles. The van der Waals surface area contributed by atoms with Gasteiger partial charge in [-0.15, -0.1) is 0 Å². The van der Waals surface area contributed by atoms with Gasteiger partial charge in [0, 0.05) is 48.6 Å². The molecule has 220 valence electrons. The van der Waals surface area contributed by atoms with Crippen molar-refractivity contribution in [3.8, 4) is 0 Å². The maximum atomic E-state index is 13.0. The van der Waals surface area contributed by atoms with Gasteiger partial charge in [-0.2, -0.15) is 0 Å². The van der Waals surface area contributed by atoms with Crippen molar-refractivity contribution in [1.29, 1.82) is 0 Å². The molecule has 2 N–H and O–H groups in total. The Morgan fingerprint density at radius 3 is 2.38 bits per heavy atom. The minimum Gasteiger partial charge on any atom is -0.392 e. The third kappa shape index (κ3) is 7.42. The van der Waals surface area contributed by atoms with Crippen molar-refractivity contribution >= 4 is 15.7 Å². The Bertz CT molecular complexity index is 1540. The number of nitrogens with zero attached hydrogens (tertiary/aromatic N) is 2. The van der Waals surface area contributed by atoms with Gasteiger partial charge in [-0.05, 0) is 54.6 Å². The SMILES string of the molecule is CC1C(CN(C)CCc2ccccn2)OC(c2cccc(NS(=O)(=O)c3ccccc3)c2)OC1c1ccc(CO)cc1. The molecule has 0 radical (unpaired) electrons. The van der Waals surface area contributed by atoms with E-state index in [0.717, 1.165) is 29.8 Å². The van der Waals surface area contributed by atoms with Gasteiger partial charge in [-0.3, -0.25) is 9.71 Å². The van der Waals surface area contributed by atoms with Crippen LogP contribution in [-0.2, 0) is 32.5 Å². The fraction of sp³-hybridized carbons (Fsp3) is 0.303. The number of anilines is 1. The van der Waals surface area contributed by atoms with E-state index in [1.807, 2.05) is 54.7 Å². The van der Waals surface area contributed by atoms with E-state index < -0.39 is 16.3 Å². The van der Waals surface area contributed by atoms with Crippen LogP contribution in [0.4, 0.5) is 5.69 Å². The van der Waals surface area contributed by atoms with E-state index in [1.165, 1.54) is 0 Å². The lowest BCUT2D eigenvalue weighted by molar-refractivity contribution is -0.275. The molecule has 1 aliphatic heterocycles. The third-order valence-electron chi connectivity index (χ3n) is 7.56. The first-order valence-electron chi connectivity index (χ1n) is 14.1. The molecule has 0 bridgehead atoms. The molecule has 0 amide bonds. The van der Waals surface area contributed by atoms with Crippen LogP contribution in [0.2, 0.25) is 0 Å². The second-order valence-corrected chi connectivity index (χ2v) is 12.4. The minimum absolute atomic E-state index is 0.0253. The van der Waals surface area contributed by atoms with Crippen molar-refractivity contribution in [3.05, 3.63) is 126 Å². The van der Waals surface area contributed by atoms with Gasteiger partial charge >= 0.3 is 0 Å². The zero-order valence-corrected chi connectivity index (χ0v) is 24.7. The minimum atomic E-state index is -3.75. The summed E-state index contributed by atoms with van der Waals surface area (Å²) in [5, 5.41) is 9.52. The van der Waals surface area contributed by atoms with E-state index >= 15 is 0 Å². The Hall–Kier alpha value is -3.60. The maximum Gasteiger partial charge on any atom is 0.261 e. The van der Waals surface area contributed by atoms with Gasteiger partial charge in [0.15, 0.2) is 6.29 Å². The predicted molar refractivity (Wildman–Crippen MR) is 162 cm³/mol. The number of hydrogen-bond acceptors (Lipinski definition) is 7. The molecular formula is C33H37N3O5S. The monoisotopic (exact) mass is 587 g/mol. The lowest BCUT2D eigenvalue weighted by Gasteiger charge is -2.42. The van der Waals surface area contributed by atoms with Crippen molar-refractivity contribution in [2.45, 2.75) is 43.3 Å². The molecule has 0 spiro atoms. The first kappa shape index (κ1) is 29.9. The number of rotatable bonds is 11. The molecule has 0 aliphatic carbocycles. The number of sulfonamides is 1. The number of pyridine rings is 1. The Labute approximate surface area is 248 Å². The summed E-state index contributed by atoms with van der Waals surface area (Å²) in [6, 6.07) is 29.2. The highest BCUT2D eigenvalue weighted by Gasteiger charge is 2.39. The van der Waals surface area contributed by atoms with Gasteiger partial charge in [-0.1, -0.05) is 67.6 Å². The molecule has 4 atom stereocenters. The topological polar surface area (TPSA) is 101 Å². The van der Waals surface area contributed by atoms with Crippen LogP contribution in [0.3, 0.4) is 0 Å². The summed E-state index contributed by atoms with van der Waals surface area (Å²) in [4.78, 5) is 6.87. The van der Waals surface area contributed by atoms with Gasteiger partial charge in [0.25, 0.3) is 10.0 Å². The van der Waals surface area contributed by atoms with E-state index in [9.17, 15) is 13.5 Å². The molecule has 1 aliphatic rings. The van der Waals surface area contributed by atoms with Gasteiger partial charge in [-0.25, -0.2) is 8.42 Å². The number of aliphatic hydroxyl groups is 1. The van der Waals surface area contributed by atoms with Crippen LogP contribution in [0.25, 0.3) is 0 Å². The Morgan fingerprint density at radius 1 is 0.905 bits per heavy atom. The van der Waals surface area contributed by atoms with Crippen molar-refractivity contribution < 1.29 is 23.0 Å². The number of nitrogens with one attached hydrogen (secondary N) is 1.